The van der Waals surface area contributed by atoms with Gasteiger partial charge in [0, 0.05) is 36.3 Å². The third-order valence-corrected chi connectivity index (χ3v) is 3.48. The molecule has 0 radical (unpaired) electrons. The molecule has 106 valence electrons. The maximum absolute atomic E-state index is 11.7. The standard InChI is InChI=1S/C13H19BrN2O3/c14-11-6-12(16-7-11)13(17)15-3-1-4-18-8-10-2-5-19-9-10/h6-7,10,16H,1-5,8-9H2,(H,15,17). The van der Waals surface area contributed by atoms with Gasteiger partial charge in [-0.25, -0.2) is 0 Å². The lowest BCUT2D eigenvalue weighted by Gasteiger charge is -2.08. The molecule has 1 aliphatic heterocycles. The van der Waals surface area contributed by atoms with Crippen LogP contribution in [-0.4, -0.2) is 43.9 Å². The third kappa shape index (κ3) is 4.97. The minimum Gasteiger partial charge on any atom is -0.381 e. The van der Waals surface area contributed by atoms with Crippen molar-refractivity contribution in [3.63, 3.8) is 0 Å². The summed E-state index contributed by atoms with van der Waals surface area (Å²) in [6.07, 6.45) is 3.65. The van der Waals surface area contributed by atoms with Gasteiger partial charge in [-0.15, -0.1) is 0 Å². The Balaban J connectivity index is 1.50. The molecular weight excluding hydrogens is 312 g/mol. The van der Waals surface area contributed by atoms with E-state index < -0.39 is 0 Å². The summed E-state index contributed by atoms with van der Waals surface area (Å²) in [5, 5.41) is 2.85. The maximum Gasteiger partial charge on any atom is 0.267 e. The molecule has 1 fully saturated rings. The average molecular weight is 331 g/mol. The number of carbonyl (C=O) groups is 1. The van der Waals surface area contributed by atoms with Gasteiger partial charge in [0.25, 0.3) is 5.91 Å². The highest BCUT2D eigenvalue weighted by atomic mass is 79.9. The van der Waals surface area contributed by atoms with Crippen molar-refractivity contribution >= 4 is 21.8 Å². The van der Waals surface area contributed by atoms with Crippen LogP contribution < -0.4 is 5.32 Å². The van der Waals surface area contributed by atoms with Gasteiger partial charge in [0.2, 0.25) is 0 Å². The van der Waals surface area contributed by atoms with E-state index in [1.54, 1.807) is 12.3 Å². The smallest absolute Gasteiger partial charge is 0.267 e. The molecule has 2 N–H and O–H groups in total. The summed E-state index contributed by atoms with van der Waals surface area (Å²) in [5.74, 6) is 0.459. The molecule has 1 amide bonds. The van der Waals surface area contributed by atoms with Crippen LogP contribution in [0.25, 0.3) is 0 Å². The summed E-state index contributed by atoms with van der Waals surface area (Å²) in [6.45, 7) is 3.73. The molecule has 1 atom stereocenters. The fraction of sp³-hybridized carbons (Fsp3) is 0.615. The second-order valence-corrected chi connectivity index (χ2v) is 5.56. The van der Waals surface area contributed by atoms with Gasteiger partial charge in [-0.3, -0.25) is 4.79 Å². The minimum absolute atomic E-state index is 0.0881. The first-order valence-corrected chi connectivity index (χ1v) is 7.32. The van der Waals surface area contributed by atoms with Crippen LogP contribution in [0.15, 0.2) is 16.7 Å². The summed E-state index contributed by atoms with van der Waals surface area (Å²) in [4.78, 5) is 14.6. The Morgan fingerprint density at radius 3 is 3.21 bits per heavy atom. The van der Waals surface area contributed by atoms with Crippen molar-refractivity contribution in [2.45, 2.75) is 12.8 Å². The van der Waals surface area contributed by atoms with Crippen molar-refractivity contribution in [1.82, 2.24) is 10.3 Å². The van der Waals surface area contributed by atoms with Crippen LogP contribution in [0.1, 0.15) is 23.3 Å². The van der Waals surface area contributed by atoms with E-state index in [2.05, 4.69) is 26.2 Å². The number of nitrogens with one attached hydrogen (secondary N) is 2. The SMILES string of the molecule is O=C(NCCCOCC1CCOC1)c1cc(Br)c[nH]1. The molecule has 0 spiro atoms. The quantitative estimate of drug-likeness (QED) is 0.751. The summed E-state index contributed by atoms with van der Waals surface area (Å²) < 4.78 is 11.7. The zero-order valence-electron chi connectivity index (χ0n) is 10.8. The van der Waals surface area contributed by atoms with Gasteiger partial charge in [0.05, 0.1) is 13.2 Å². The maximum atomic E-state index is 11.7. The summed E-state index contributed by atoms with van der Waals surface area (Å²) >= 11 is 3.29. The number of aromatic nitrogens is 1. The third-order valence-electron chi connectivity index (χ3n) is 3.02. The van der Waals surface area contributed by atoms with E-state index in [-0.39, 0.29) is 5.91 Å². The summed E-state index contributed by atoms with van der Waals surface area (Å²) in [5.41, 5.74) is 0.566. The number of aromatic amines is 1. The van der Waals surface area contributed by atoms with Gasteiger partial charge in [0.15, 0.2) is 0 Å². The van der Waals surface area contributed by atoms with Crippen LogP contribution in [0, 0.1) is 5.92 Å². The lowest BCUT2D eigenvalue weighted by molar-refractivity contribution is 0.0852. The Morgan fingerprint density at radius 2 is 2.53 bits per heavy atom. The average Bonchev–Trinajstić information content (AvgIpc) is 3.04. The number of hydrogen-bond donors (Lipinski definition) is 2. The normalized spacial score (nSPS) is 18.7. The molecule has 1 aromatic heterocycles. The summed E-state index contributed by atoms with van der Waals surface area (Å²) in [7, 11) is 0. The van der Waals surface area contributed by atoms with Crippen molar-refractivity contribution in [3.8, 4) is 0 Å². The minimum atomic E-state index is -0.0881. The van der Waals surface area contributed by atoms with Crippen molar-refractivity contribution in [2.24, 2.45) is 5.92 Å². The van der Waals surface area contributed by atoms with E-state index in [1.165, 1.54) is 0 Å². The second-order valence-electron chi connectivity index (χ2n) is 4.65. The fourth-order valence-corrected chi connectivity index (χ4v) is 2.28. The van der Waals surface area contributed by atoms with E-state index in [0.717, 1.165) is 37.1 Å². The van der Waals surface area contributed by atoms with E-state index in [4.69, 9.17) is 9.47 Å². The van der Waals surface area contributed by atoms with Crippen LogP contribution in [-0.2, 0) is 9.47 Å². The predicted octanol–water partition coefficient (Wildman–Crippen LogP) is 1.95. The molecule has 5 nitrogen and oxygen atoms in total. The van der Waals surface area contributed by atoms with Gasteiger partial charge in [-0.05, 0) is 34.8 Å². The molecule has 6 heteroatoms. The lowest BCUT2D eigenvalue weighted by atomic mass is 10.1. The molecule has 1 aromatic rings. The van der Waals surface area contributed by atoms with E-state index >= 15 is 0 Å². The number of ether oxygens (including phenoxy) is 2. The highest BCUT2D eigenvalue weighted by molar-refractivity contribution is 9.10. The molecule has 0 aliphatic carbocycles. The Kier molecular flexibility index (Phi) is 5.88. The molecule has 0 bridgehead atoms. The highest BCUT2D eigenvalue weighted by Crippen LogP contribution is 2.12. The van der Waals surface area contributed by atoms with Crippen molar-refractivity contribution in [3.05, 3.63) is 22.4 Å². The first kappa shape index (κ1) is 14.6. The van der Waals surface area contributed by atoms with Crippen LogP contribution in [0.3, 0.4) is 0 Å². The zero-order valence-corrected chi connectivity index (χ0v) is 12.4. The molecule has 0 aromatic carbocycles. The van der Waals surface area contributed by atoms with E-state index in [1.807, 2.05) is 0 Å². The monoisotopic (exact) mass is 330 g/mol. The lowest BCUT2D eigenvalue weighted by Crippen LogP contribution is -2.25. The molecule has 19 heavy (non-hydrogen) atoms. The molecular formula is C13H19BrN2O3. The highest BCUT2D eigenvalue weighted by Gasteiger charge is 2.15. The zero-order chi connectivity index (χ0) is 13.5. The van der Waals surface area contributed by atoms with Gasteiger partial charge in [0.1, 0.15) is 5.69 Å². The van der Waals surface area contributed by atoms with Gasteiger partial charge in [-0.1, -0.05) is 0 Å². The molecule has 1 aliphatic rings. The van der Waals surface area contributed by atoms with Crippen LogP contribution in [0.5, 0.6) is 0 Å². The summed E-state index contributed by atoms with van der Waals surface area (Å²) in [6, 6.07) is 1.76. The van der Waals surface area contributed by atoms with Crippen molar-refractivity contribution in [2.75, 3.05) is 33.0 Å². The van der Waals surface area contributed by atoms with Crippen molar-refractivity contribution < 1.29 is 14.3 Å². The number of hydrogen-bond acceptors (Lipinski definition) is 3. The fourth-order valence-electron chi connectivity index (χ4n) is 1.94. The Morgan fingerprint density at radius 1 is 1.63 bits per heavy atom. The first-order valence-electron chi connectivity index (χ1n) is 6.53. The Hall–Kier alpha value is -0.850. The first-order chi connectivity index (χ1) is 9.25. The number of carbonyl (C=O) groups excluding carboxylic acids is 1. The van der Waals surface area contributed by atoms with Crippen LogP contribution in [0.4, 0.5) is 0 Å². The van der Waals surface area contributed by atoms with Gasteiger partial charge in [-0.2, -0.15) is 0 Å². The van der Waals surface area contributed by atoms with Gasteiger partial charge < -0.3 is 19.8 Å². The molecule has 1 unspecified atom stereocenters. The number of amides is 1. The van der Waals surface area contributed by atoms with E-state index in [9.17, 15) is 4.79 Å². The molecule has 2 rings (SSSR count). The van der Waals surface area contributed by atoms with Crippen LogP contribution >= 0.6 is 15.9 Å². The topological polar surface area (TPSA) is 63.4 Å². The van der Waals surface area contributed by atoms with Crippen LogP contribution in [0.2, 0.25) is 0 Å². The number of halogens is 1. The second kappa shape index (κ2) is 7.67. The number of H-pyrrole nitrogens is 1. The largest absolute Gasteiger partial charge is 0.381 e. The Labute approximate surface area is 121 Å². The predicted molar refractivity (Wildman–Crippen MR) is 75.2 cm³/mol. The Bertz CT molecular complexity index is 402. The molecule has 0 saturated carbocycles. The van der Waals surface area contributed by atoms with E-state index in [0.29, 0.717) is 24.8 Å². The van der Waals surface area contributed by atoms with Crippen molar-refractivity contribution in [1.29, 1.82) is 0 Å². The van der Waals surface area contributed by atoms with Gasteiger partial charge >= 0.3 is 0 Å². The molecule has 1 saturated heterocycles. The molecule has 2 heterocycles. The number of rotatable bonds is 7.